The first kappa shape index (κ1) is 22.6. The molecule has 0 radical (unpaired) electrons. The molecule has 12 heteroatoms. The SMILES string of the molecule is CNS(=O)(=O)Nc1nccc(Cc2c(C)c3c(oc2=O)=CC(Oc2ncccn2)CC=3)c1F. The third kappa shape index (κ3) is 4.91. The van der Waals surface area contributed by atoms with E-state index in [0.29, 0.717) is 22.6 Å². The van der Waals surface area contributed by atoms with Crippen molar-refractivity contribution in [1.29, 1.82) is 0 Å². The molecule has 172 valence electrons. The lowest BCUT2D eigenvalue weighted by atomic mass is 9.99. The van der Waals surface area contributed by atoms with E-state index in [-0.39, 0.29) is 23.6 Å². The van der Waals surface area contributed by atoms with Crippen molar-refractivity contribution in [3.05, 3.63) is 74.3 Å². The number of halogens is 1. The van der Waals surface area contributed by atoms with Gasteiger partial charge in [0.2, 0.25) is 0 Å². The number of anilines is 1. The van der Waals surface area contributed by atoms with Crippen molar-refractivity contribution >= 4 is 28.2 Å². The van der Waals surface area contributed by atoms with Gasteiger partial charge in [-0.25, -0.2) is 28.9 Å². The van der Waals surface area contributed by atoms with E-state index in [1.165, 1.54) is 19.3 Å². The molecule has 0 saturated heterocycles. The highest BCUT2D eigenvalue weighted by Gasteiger charge is 2.20. The fourth-order valence-electron chi connectivity index (χ4n) is 3.39. The maximum Gasteiger partial charge on any atom is 0.340 e. The van der Waals surface area contributed by atoms with Crippen LogP contribution in [0.1, 0.15) is 23.1 Å². The first-order valence-electron chi connectivity index (χ1n) is 9.90. The fraction of sp³-hybridized carbons (Fsp3) is 0.238. The molecule has 2 N–H and O–H groups in total. The van der Waals surface area contributed by atoms with Gasteiger partial charge >= 0.3 is 11.6 Å². The molecule has 0 aliphatic heterocycles. The standard InChI is InChI=1S/C21H20FN5O5S/c1-12-15-5-4-14(31-21-25-7-3-8-26-21)11-17(15)32-20(28)16(12)10-13-6-9-24-19(18(13)22)27-33(29,30)23-2/h3,5-9,11,14,23H,4,10H2,1-2H3,(H,24,27). The van der Waals surface area contributed by atoms with E-state index in [1.807, 2.05) is 15.5 Å². The van der Waals surface area contributed by atoms with E-state index in [9.17, 15) is 17.6 Å². The Labute approximate surface area is 188 Å². The van der Waals surface area contributed by atoms with Crippen LogP contribution in [0.3, 0.4) is 0 Å². The topological polar surface area (TPSA) is 136 Å². The molecule has 1 aliphatic rings. The van der Waals surface area contributed by atoms with Crippen molar-refractivity contribution in [2.45, 2.75) is 25.9 Å². The lowest BCUT2D eigenvalue weighted by Crippen LogP contribution is -2.39. The second kappa shape index (κ2) is 9.08. The number of ether oxygens (including phenoxy) is 1. The van der Waals surface area contributed by atoms with Crippen molar-refractivity contribution in [2.75, 3.05) is 11.8 Å². The van der Waals surface area contributed by atoms with Gasteiger partial charge in [-0.3, -0.25) is 4.72 Å². The first-order valence-corrected chi connectivity index (χ1v) is 11.4. The smallest absolute Gasteiger partial charge is 0.340 e. The average Bonchev–Trinajstić information content (AvgIpc) is 2.79. The van der Waals surface area contributed by atoms with Crippen LogP contribution in [0.5, 0.6) is 6.01 Å². The number of rotatable bonds is 7. The Morgan fingerprint density at radius 3 is 2.73 bits per heavy atom. The number of nitrogens with one attached hydrogen (secondary N) is 2. The van der Waals surface area contributed by atoms with Crippen molar-refractivity contribution in [3.63, 3.8) is 0 Å². The highest BCUT2D eigenvalue weighted by atomic mass is 32.2. The number of nitrogens with zero attached hydrogens (tertiary/aromatic N) is 3. The Morgan fingerprint density at radius 1 is 1.24 bits per heavy atom. The molecule has 0 saturated carbocycles. The number of hydrogen-bond acceptors (Lipinski definition) is 8. The van der Waals surface area contributed by atoms with E-state index in [0.717, 1.165) is 0 Å². The normalized spacial score (nSPS) is 15.2. The summed E-state index contributed by atoms with van der Waals surface area (Å²) >= 11 is 0. The Morgan fingerprint density at radius 2 is 2.00 bits per heavy atom. The Hall–Kier alpha value is -3.64. The summed E-state index contributed by atoms with van der Waals surface area (Å²) in [5, 5.41) is 0.712. The van der Waals surface area contributed by atoms with Crippen LogP contribution in [0, 0.1) is 12.7 Å². The van der Waals surface area contributed by atoms with E-state index in [4.69, 9.17) is 9.15 Å². The minimum absolute atomic E-state index is 0.0939. The van der Waals surface area contributed by atoms with Crippen molar-refractivity contribution in [2.24, 2.45) is 0 Å². The van der Waals surface area contributed by atoms with Gasteiger partial charge in [-0.2, -0.15) is 8.42 Å². The van der Waals surface area contributed by atoms with Crippen LogP contribution < -0.4 is 30.4 Å². The second-order valence-electron chi connectivity index (χ2n) is 7.18. The molecule has 1 unspecified atom stereocenters. The summed E-state index contributed by atoms with van der Waals surface area (Å²) in [6.45, 7) is 1.75. The molecular weight excluding hydrogens is 453 g/mol. The molecule has 0 fully saturated rings. The zero-order valence-corrected chi connectivity index (χ0v) is 18.5. The van der Waals surface area contributed by atoms with E-state index in [1.54, 1.807) is 31.5 Å². The highest BCUT2D eigenvalue weighted by molar-refractivity contribution is 7.90. The number of hydrogen-bond donors (Lipinski definition) is 2. The summed E-state index contributed by atoms with van der Waals surface area (Å²) in [4.78, 5) is 24.5. The lowest BCUT2D eigenvalue weighted by Gasteiger charge is -2.16. The predicted octanol–water partition coefficient (Wildman–Crippen LogP) is 0.152. The van der Waals surface area contributed by atoms with Gasteiger partial charge in [0.25, 0.3) is 10.2 Å². The zero-order valence-electron chi connectivity index (χ0n) is 17.7. The molecular formula is C21H20FN5O5S. The van der Waals surface area contributed by atoms with Crippen LogP contribution in [-0.4, -0.2) is 36.5 Å². The van der Waals surface area contributed by atoms with Gasteiger partial charge in [0.1, 0.15) is 11.5 Å². The average molecular weight is 473 g/mol. The van der Waals surface area contributed by atoms with Gasteiger partial charge in [0, 0.05) is 49.3 Å². The van der Waals surface area contributed by atoms with Gasteiger partial charge in [-0.15, -0.1) is 0 Å². The van der Waals surface area contributed by atoms with Crippen molar-refractivity contribution in [1.82, 2.24) is 19.7 Å². The van der Waals surface area contributed by atoms with Gasteiger partial charge in [-0.1, -0.05) is 6.08 Å². The Balaban J connectivity index is 1.66. The highest BCUT2D eigenvalue weighted by Crippen LogP contribution is 2.19. The molecule has 0 aromatic carbocycles. The minimum Gasteiger partial charge on any atom is -0.455 e. The molecule has 3 aromatic rings. The number of fused-ring (bicyclic) bond motifs is 1. The molecule has 1 aliphatic carbocycles. The van der Waals surface area contributed by atoms with Gasteiger partial charge in [0.05, 0.1) is 0 Å². The molecule has 3 aromatic heterocycles. The van der Waals surface area contributed by atoms with E-state index < -0.39 is 33.6 Å². The number of aromatic nitrogens is 3. The maximum absolute atomic E-state index is 14.9. The van der Waals surface area contributed by atoms with Crippen LogP contribution in [0.15, 0.2) is 39.9 Å². The largest absolute Gasteiger partial charge is 0.455 e. The molecule has 10 nitrogen and oxygen atoms in total. The second-order valence-corrected chi connectivity index (χ2v) is 8.80. The monoisotopic (exact) mass is 473 g/mol. The molecule has 0 amide bonds. The molecule has 0 bridgehead atoms. The summed E-state index contributed by atoms with van der Waals surface area (Å²) in [6.07, 6.45) is 7.93. The van der Waals surface area contributed by atoms with Crippen LogP contribution in [0.4, 0.5) is 10.2 Å². The quantitative estimate of drug-likeness (QED) is 0.495. The van der Waals surface area contributed by atoms with Crippen LogP contribution in [0.25, 0.3) is 12.2 Å². The van der Waals surface area contributed by atoms with E-state index in [2.05, 4.69) is 15.0 Å². The summed E-state index contributed by atoms with van der Waals surface area (Å²) < 4.78 is 53.5. The molecule has 33 heavy (non-hydrogen) atoms. The predicted molar refractivity (Wildman–Crippen MR) is 118 cm³/mol. The summed E-state index contributed by atoms with van der Waals surface area (Å²) in [6, 6.07) is 3.27. The van der Waals surface area contributed by atoms with Crippen molar-refractivity contribution in [3.8, 4) is 6.01 Å². The summed E-state index contributed by atoms with van der Waals surface area (Å²) in [7, 11) is -2.77. The van der Waals surface area contributed by atoms with Crippen molar-refractivity contribution < 1.29 is 22.0 Å². The molecule has 1 atom stereocenters. The third-order valence-electron chi connectivity index (χ3n) is 5.10. The van der Waals surface area contributed by atoms with Crippen LogP contribution >= 0.6 is 0 Å². The number of pyridine rings is 1. The molecule has 0 spiro atoms. The lowest BCUT2D eigenvalue weighted by molar-refractivity contribution is 0.245. The summed E-state index contributed by atoms with van der Waals surface area (Å²) in [5.41, 5.74) is 0.723. The Bertz CT molecular complexity index is 1480. The zero-order chi connectivity index (χ0) is 23.6. The minimum atomic E-state index is -3.95. The molecule has 4 rings (SSSR count). The van der Waals surface area contributed by atoms with E-state index >= 15 is 0 Å². The molecule has 3 heterocycles. The van der Waals surface area contributed by atoms with Crippen LogP contribution in [-0.2, 0) is 16.6 Å². The fourth-order valence-corrected chi connectivity index (χ4v) is 3.89. The van der Waals surface area contributed by atoms with Gasteiger partial charge < -0.3 is 9.15 Å². The van der Waals surface area contributed by atoms with Gasteiger partial charge in [-0.05, 0) is 36.3 Å². The maximum atomic E-state index is 14.9. The first-order chi connectivity index (χ1) is 15.8. The van der Waals surface area contributed by atoms with Crippen LogP contribution in [0.2, 0.25) is 0 Å². The van der Waals surface area contributed by atoms with Gasteiger partial charge in [0.15, 0.2) is 11.6 Å². The third-order valence-corrected chi connectivity index (χ3v) is 6.10. The summed E-state index contributed by atoms with van der Waals surface area (Å²) in [5.74, 6) is -1.34. The Kier molecular flexibility index (Phi) is 6.20.